The lowest BCUT2D eigenvalue weighted by atomic mass is 10.2. The van der Waals surface area contributed by atoms with E-state index in [4.69, 9.17) is 16.3 Å². The van der Waals surface area contributed by atoms with Gasteiger partial charge in [-0.25, -0.2) is 9.59 Å². The Labute approximate surface area is 140 Å². The number of urea groups is 1. The molecule has 0 unspecified atom stereocenters. The van der Waals surface area contributed by atoms with Crippen LogP contribution in [-0.2, 0) is 4.74 Å². The third kappa shape index (κ3) is 5.17. The Morgan fingerprint density at radius 2 is 1.96 bits per heavy atom. The highest BCUT2D eigenvalue weighted by Crippen LogP contribution is 2.11. The van der Waals surface area contributed by atoms with Gasteiger partial charge in [0.2, 0.25) is 0 Å². The molecule has 0 aromatic heterocycles. The first-order valence-electron chi connectivity index (χ1n) is 7.49. The Morgan fingerprint density at radius 1 is 1.26 bits per heavy atom. The van der Waals surface area contributed by atoms with E-state index in [0.29, 0.717) is 37.8 Å². The van der Waals surface area contributed by atoms with E-state index in [1.807, 2.05) is 18.2 Å². The fourth-order valence-corrected chi connectivity index (χ4v) is 2.42. The number of rotatable bonds is 3. The largest absolute Gasteiger partial charge is 0.450 e. The summed E-state index contributed by atoms with van der Waals surface area (Å²) in [6, 6.07) is 7.15. The maximum absolute atomic E-state index is 12.1. The van der Waals surface area contributed by atoms with Crippen molar-refractivity contribution in [2.24, 2.45) is 0 Å². The molecule has 2 rings (SSSR count). The average Bonchev–Trinajstić information content (AvgIpc) is 2.55. The van der Waals surface area contributed by atoms with Crippen LogP contribution in [-0.4, -0.2) is 54.7 Å². The van der Waals surface area contributed by atoms with Gasteiger partial charge in [0.15, 0.2) is 0 Å². The van der Waals surface area contributed by atoms with Crippen LogP contribution in [0.4, 0.5) is 9.59 Å². The summed E-state index contributed by atoms with van der Waals surface area (Å²) in [7, 11) is 0. The summed E-state index contributed by atoms with van der Waals surface area (Å²) in [6.07, 6.45) is 3.04. The Kier molecular flexibility index (Phi) is 6.29. The normalized spacial score (nSPS) is 14.9. The number of nitrogens with one attached hydrogen (secondary N) is 1. The molecule has 0 aliphatic carbocycles. The second-order valence-corrected chi connectivity index (χ2v) is 5.45. The quantitative estimate of drug-likeness (QED) is 0.922. The number of carbonyl (C=O) groups excluding carboxylic acids is 2. The number of nitrogens with zero attached hydrogens (tertiary/aromatic N) is 2. The van der Waals surface area contributed by atoms with Gasteiger partial charge in [0.1, 0.15) is 0 Å². The van der Waals surface area contributed by atoms with E-state index in [-0.39, 0.29) is 12.1 Å². The number of hydrogen-bond acceptors (Lipinski definition) is 3. The van der Waals surface area contributed by atoms with E-state index in [1.54, 1.807) is 35.1 Å². The van der Waals surface area contributed by atoms with E-state index in [1.165, 1.54) is 0 Å². The van der Waals surface area contributed by atoms with Gasteiger partial charge in [-0.15, -0.1) is 0 Å². The molecule has 0 radical (unpaired) electrons. The van der Waals surface area contributed by atoms with Crippen LogP contribution in [0.1, 0.15) is 12.5 Å². The zero-order valence-corrected chi connectivity index (χ0v) is 13.8. The molecule has 0 atom stereocenters. The fraction of sp³-hybridized carbons (Fsp3) is 0.375. The van der Waals surface area contributed by atoms with Gasteiger partial charge in [0.25, 0.3) is 0 Å². The molecule has 1 aliphatic heterocycles. The van der Waals surface area contributed by atoms with Gasteiger partial charge in [0, 0.05) is 37.4 Å². The summed E-state index contributed by atoms with van der Waals surface area (Å²) >= 11 is 5.90. The molecule has 0 saturated carbocycles. The number of ether oxygens (including phenoxy) is 1. The Balaban J connectivity index is 1.78. The Hall–Kier alpha value is -2.21. The lowest BCUT2D eigenvalue weighted by molar-refractivity contribution is 0.0856. The molecule has 6 nitrogen and oxygen atoms in total. The van der Waals surface area contributed by atoms with Crippen molar-refractivity contribution < 1.29 is 14.3 Å². The Morgan fingerprint density at radius 3 is 2.61 bits per heavy atom. The monoisotopic (exact) mass is 337 g/mol. The van der Waals surface area contributed by atoms with Gasteiger partial charge < -0.3 is 19.9 Å². The molecule has 1 aliphatic rings. The third-order valence-electron chi connectivity index (χ3n) is 3.42. The van der Waals surface area contributed by atoms with Crippen LogP contribution in [0.15, 0.2) is 30.5 Å². The second-order valence-electron chi connectivity index (χ2n) is 5.01. The van der Waals surface area contributed by atoms with Gasteiger partial charge in [-0.05, 0) is 30.7 Å². The molecule has 1 heterocycles. The van der Waals surface area contributed by atoms with Crippen molar-refractivity contribution in [2.75, 3.05) is 32.8 Å². The summed E-state index contributed by atoms with van der Waals surface area (Å²) in [5.41, 5.74) is 0.907. The van der Waals surface area contributed by atoms with E-state index in [0.717, 1.165) is 5.56 Å². The van der Waals surface area contributed by atoms with Gasteiger partial charge in [-0.3, -0.25) is 0 Å². The smallest absolute Gasteiger partial charge is 0.409 e. The molecule has 1 saturated heterocycles. The van der Waals surface area contributed by atoms with Crippen molar-refractivity contribution in [3.05, 3.63) is 41.1 Å². The SMILES string of the molecule is CCOC(=O)N1CCN(C(=O)N/C=C/c2cccc(Cl)c2)CC1. The first-order valence-corrected chi connectivity index (χ1v) is 7.87. The minimum atomic E-state index is -0.326. The molecule has 23 heavy (non-hydrogen) atoms. The van der Waals surface area contributed by atoms with E-state index in [2.05, 4.69) is 5.32 Å². The number of carbonyl (C=O) groups is 2. The van der Waals surface area contributed by atoms with Gasteiger partial charge in [-0.1, -0.05) is 23.7 Å². The minimum Gasteiger partial charge on any atom is -0.450 e. The first-order chi connectivity index (χ1) is 11.1. The molecule has 1 fully saturated rings. The number of benzene rings is 1. The maximum atomic E-state index is 12.1. The van der Waals surface area contributed by atoms with Crippen molar-refractivity contribution in [3.8, 4) is 0 Å². The molecule has 3 amide bonds. The maximum Gasteiger partial charge on any atom is 0.409 e. The molecule has 124 valence electrons. The number of piperazine rings is 1. The molecule has 0 bridgehead atoms. The lowest BCUT2D eigenvalue weighted by Gasteiger charge is -2.33. The zero-order chi connectivity index (χ0) is 16.7. The number of hydrogen-bond donors (Lipinski definition) is 1. The summed E-state index contributed by atoms with van der Waals surface area (Å²) in [6.45, 7) is 4.04. The number of halogens is 1. The fourth-order valence-electron chi connectivity index (χ4n) is 2.22. The molecule has 0 spiro atoms. The molecule has 7 heteroatoms. The van der Waals surface area contributed by atoms with E-state index >= 15 is 0 Å². The third-order valence-corrected chi connectivity index (χ3v) is 3.66. The minimum absolute atomic E-state index is 0.188. The molecule has 1 N–H and O–H groups in total. The van der Waals surface area contributed by atoms with Crippen LogP contribution >= 0.6 is 11.6 Å². The topological polar surface area (TPSA) is 61.9 Å². The Bertz CT molecular complexity index is 584. The van der Waals surface area contributed by atoms with Crippen LogP contribution in [0.5, 0.6) is 0 Å². The summed E-state index contributed by atoms with van der Waals surface area (Å²) in [4.78, 5) is 26.9. The summed E-state index contributed by atoms with van der Waals surface area (Å²) in [5.74, 6) is 0. The summed E-state index contributed by atoms with van der Waals surface area (Å²) < 4.78 is 4.95. The van der Waals surface area contributed by atoms with Gasteiger partial charge in [-0.2, -0.15) is 0 Å². The van der Waals surface area contributed by atoms with Crippen LogP contribution in [0, 0.1) is 0 Å². The van der Waals surface area contributed by atoms with Crippen LogP contribution in [0.2, 0.25) is 5.02 Å². The van der Waals surface area contributed by atoms with E-state index in [9.17, 15) is 9.59 Å². The van der Waals surface area contributed by atoms with Crippen molar-refractivity contribution >= 4 is 29.8 Å². The molecule has 1 aromatic carbocycles. The van der Waals surface area contributed by atoms with E-state index < -0.39 is 0 Å². The highest BCUT2D eigenvalue weighted by atomic mass is 35.5. The average molecular weight is 338 g/mol. The van der Waals surface area contributed by atoms with Crippen LogP contribution in [0.3, 0.4) is 0 Å². The first kappa shape index (κ1) is 17.1. The van der Waals surface area contributed by atoms with Crippen molar-refractivity contribution in [1.29, 1.82) is 0 Å². The summed E-state index contributed by atoms with van der Waals surface area (Å²) in [5, 5.41) is 3.37. The van der Waals surface area contributed by atoms with Gasteiger partial charge >= 0.3 is 12.1 Å². The predicted molar refractivity (Wildman–Crippen MR) is 89.2 cm³/mol. The van der Waals surface area contributed by atoms with Crippen molar-refractivity contribution in [2.45, 2.75) is 6.92 Å². The predicted octanol–water partition coefficient (Wildman–Crippen LogP) is 2.79. The highest BCUT2D eigenvalue weighted by Gasteiger charge is 2.24. The zero-order valence-electron chi connectivity index (χ0n) is 13.0. The van der Waals surface area contributed by atoms with Crippen molar-refractivity contribution in [3.63, 3.8) is 0 Å². The number of amides is 3. The van der Waals surface area contributed by atoms with Gasteiger partial charge in [0.05, 0.1) is 6.61 Å². The standard InChI is InChI=1S/C16H20ClN3O3/c1-2-23-16(22)20-10-8-19(9-11-20)15(21)18-7-6-13-4-3-5-14(17)12-13/h3-7,12H,2,8-11H2,1H3,(H,18,21)/b7-6+. The highest BCUT2D eigenvalue weighted by molar-refractivity contribution is 6.30. The van der Waals surface area contributed by atoms with Crippen LogP contribution < -0.4 is 5.32 Å². The molecule has 1 aromatic rings. The van der Waals surface area contributed by atoms with Crippen molar-refractivity contribution in [1.82, 2.24) is 15.1 Å². The molecular formula is C16H20ClN3O3. The lowest BCUT2D eigenvalue weighted by Crippen LogP contribution is -2.52. The molecular weight excluding hydrogens is 318 g/mol. The van der Waals surface area contributed by atoms with Crippen LogP contribution in [0.25, 0.3) is 6.08 Å². The second kappa shape index (κ2) is 8.43.